The van der Waals surface area contributed by atoms with Crippen molar-refractivity contribution in [2.75, 3.05) is 14.2 Å². The third-order valence-electron chi connectivity index (χ3n) is 9.11. The standard InChI is InChI=1S/C40H34O4/c1-6-9-25(2)26-12-21-33-35(24-26)39(3,41)37-34-22-23-40(27-13-17-29(42-4)18-14-27,28-15-19-30(43-5)20-16-28)44-38(34)32-11-8-7-10-31(32)36(33)37/h6-24,41H,1H2,2-5H3. The lowest BCUT2D eigenvalue weighted by Crippen LogP contribution is -2.35. The van der Waals surface area contributed by atoms with Crippen LogP contribution in [-0.4, -0.2) is 19.3 Å². The Hall–Kier alpha value is -5.06. The molecule has 7 rings (SSSR count). The van der Waals surface area contributed by atoms with Crippen molar-refractivity contribution in [2.24, 2.45) is 0 Å². The van der Waals surface area contributed by atoms with Crippen LogP contribution in [0.4, 0.5) is 0 Å². The molecule has 4 heteroatoms. The number of hydrogen-bond acceptors (Lipinski definition) is 4. The van der Waals surface area contributed by atoms with Crippen LogP contribution in [0.3, 0.4) is 0 Å². The molecule has 0 radical (unpaired) electrons. The van der Waals surface area contributed by atoms with Gasteiger partial charge in [-0.15, -0.1) is 0 Å². The summed E-state index contributed by atoms with van der Waals surface area (Å²) in [5, 5.41) is 14.4. The smallest absolute Gasteiger partial charge is 0.178 e. The minimum atomic E-state index is -1.24. The van der Waals surface area contributed by atoms with Crippen molar-refractivity contribution in [1.82, 2.24) is 0 Å². The van der Waals surface area contributed by atoms with Crippen LogP contribution < -0.4 is 14.2 Å². The zero-order chi connectivity index (χ0) is 30.6. The molecule has 0 spiro atoms. The molecule has 44 heavy (non-hydrogen) atoms. The summed E-state index contributed by atoms with van der Waals surface area (Å²) in [4.78, 5) is 0. The van der Waals surface area contributed by atoms with Crippen molar-refractivity contribution in [3.05, 3.63) is 149 Å². The van der Waals surface area contributed by atoms with Crippen molar-refractivity contribution in [1.29, 1.82) is 0 Å². The Balaban J connectivity index is 1.49. The van der Waals surface area contributed by atoms with Crippen molar-refractivity contribution in [3.63, 3.8) is 0 Å². The molecule has 0 bridgehead atoms. The van der Waals surface area contributed by atoms with E-state index in [1.807, 2.05) is 73.7 Å². The van der Waals surface area contributed by atoms with E-state index in [-0.39, 0.29) is 0 Å². The van der Waals surface area contributed by atoms with E-state index in [1.165, 1.54) is 0 Å². The Morgan fingerprint density at radius 3 is 2.05 bits per heavy atom. The lowest BCUT2D eigenvalue weighted by atomic mass is 9.80. The number of benzene rings is 5. The largest absolute Gasteiger partial charge is 0.497 e. The molecule has 0 fully saturated rings. The lowest BCUT2D eigenvalue weighted by Gasteiger charge is -2.38. The monoisotopic (exact) mass is 578 g/mol. The normalized spacial score (nSPS) is 17.8. The number of hydrogen-bond donors (Lipinski definition) is 1. The zero-order valence-electron chi connectivity index (χ0n) is 25.3. The van der Waals surface area contributed by atoms with E-state index in [2.05, 4.69) is 56.0 Å². The van der Waals surface area contributed by atoms with Crippen LogP contribution in [0, 0.1) is 0 Å². The number of allylic oxidation sites excluding steroid dienone is 3. The van der Waals surface area contributed by atoms with Crippen LogP contribution in [-0.2, 0) is 11.2 Å². The summed E-state index contributed by atoms with van der Waals surface area (Å²) < 4.78 is 18.2. The van der Waals surface area contributed by atoms with Gasteiger partial charge in [-0.25, -0.2) is 0 Å². The summed E-state index contributed by atoms with van der Waals surface area (Å²) in [5.41, 5.74) is 6.61. The summed E-state index contributed by atoms with van der Waals surface area (Å²) in [6.45, 7) is 7.81. The highest BCUT2D eigenvalue weighted by Gasteiger charge is 2.45. The highest BCUT2D eigenvalue weighted by Crippen LogP contribution is 2.57. The minimum Gasteiger partial charge on any atom is -0.497 e. The van der Waals surface area contributed by atoms with Gasteiger partial charge in [0.15, 0.2) is 5.60 Å². The Labute approximate surface area is 258 Å². The predicted octanol–water partition coefficient (Wildman–Crippen LogP) is 9.03. The van der Waals surface area contributed by atoms with Crippen LogP contribution in [0.25, 0.3) is 33.5 Å². The van der Waals surface area contributed by atoms with Gasteiger partial charge in [-0.2, -0.15) is 0 Å². The summed E-state index contributed by atoms with van der Waals surface area (Å²) in [5.74, 6) is 2.28. The number of rotatable bonds is 6. The highest BCUT2D eigenvalue weighted by molar-refractivity contribution is 6.08. The van der Waals surface area contributed by atoms with Crippen LogP contribution in [0.5, 0.6) is 17.2 Å². The fourth-order valence-electron chi connectivity index (χ4n) is 6.85. The fraction of sp³-hybridized carbons (Fsp3) is 0.150. The zero-order valence-corrected chi connectivity index (χ0v) is 25.3. The Kier molecular flexibility index (Phi) is 6.49. The van der Waals surface area contributed by atoms with E-state index in [0.29, 0.717) is 0 Å². The number of fused-ring (bicyclic) bond motifs is 8. The van der Waals surface area contributed by atoms with E-state index in [1.54, 1.807) is 20.3 Å². The van der Waals surface area contributed by atoms with E-state index in [0.717, 1.165) is 78.1 Å². The molecule has 218 valence electrons. The van der Waals surface area contributed by atoms with Gasteiger partial charge in [0, 0.05) is 27.6 Å². The Morgan fingerprint density at radius 2 is 1.45 bits per heavy atom. The maximum absolute atomic E-state index is 12.4. The van der Waals surface area contributed by atoms with Gasteiger partial charge >= 0.3 is 0 Å². The molecule has 1 aliphatic carbocycles. The second-order valence-corrected chi connectivity index (χ2v) is 11.6. The third kappa shape index (κ3) is 4.02. The van der Waals surface area contributed by atoms with Crippen LogP contribution in [0.2, 0.25) is 0 Å². The van der Waals surface area contributed by atoms with E-state index in [9.17, 15) is 5.11 Å². The molecule has 1 heterocycles. The molecule has 0 amide bonds. The Bertz CT molecular complexity index is 1950. The quantitative estimate of drug-likeness (QED) is 0.204. The summed E-state index contributed by atoms with van der Waals surface area (Å²) >= 11 is 0. The molecule has 2 aliphatic rings. The van der Waals surface area contributed by atoms with Crippen LogP contribution >= 0.6 is 0 Å². The number of ether oxygens (including phenoxy) is 3. The molecular weight excluding hydrogens is 544 g/mol. The second-order valence-electron chi connectivity index (χ2n) is 11.6. The molecule has 0 saturated carbocycles. The van der Waals surface area contributed by atoms with Gasteiger partial charge in [-0.1, -0.05) is 85.5 Å². The molecule has 1 atom stereocenters. The van der Waals surface area contributed by atoms with Crippen molar-refractivity contribution >= 4 is 22.4 Å². The molecule has 4 nitrogen and oxygen atoms in total. The van der Waals surface area contributed by atoms with E-state index < -0.39 is 11.2 Å². The molecule has 1 aliphatic heterocycles. The SMILES string of the molecule is C=CC=C(C)c1ccc2c(c1)C(C)(O)c1c3c(c4ccccc4c1-2)OC(c1ccc(OC)cc1)(c1ccc(OC)cc1)C=C3. The maximum Gasteiger partial charge on any atom is 0.178 e. The fourth-order valence-corrected chi connectivity index (χ4v) is 6.85. The van der Waals surface area contributed by atoms with Gasteiger partial charge in [0.1, 0.15) is 22.8 Å². The van der Waals surface area contributed by atoms with Gasteiger partial charge in [0.05, 0.1) is 14.2 Å². The number of methoxy groups -OCH3 is 2. The molecule has 1 unspecified atom stereocenters. The maximum atomic E-state index is 12.4. The summed E-state index contributed by atoms with van der Waals surface area (Å²) in [6, 6.07) is 30.7. The van der Waals surface area contributed by atoms with Crippen LogP contribution in [0.15, 0.2) is 116 Å². The molecule has 5 aromatic rings. The van der Waals surface area contributed by atoms with E-state index in [4.69, 9.17) is 14.2 Å². The second kappa shape index (κ2) is 10.3. The first kappa shape index (κ1) is 27.8. The molecule has 1 N–H and O–H groups in total. The molecule has 0 saturated heterocycles. The average molecular weight is 579 g/mol. The first-order valence-electron chi connectivity index (χ1n) is 14.8. The van der Waals surface area contributed by atoms with Gasteiger partial charge in [-0.3, -0.25) is 0 Å². The first-order valence-corrected chi connectivity index (χ1v) is 14.8. The van der Waals surface area contributed by atoms with Gasteiger partial charge < -0.3 is 19.3 Å². The predicted molar refractivity (Wildman–Crippen MR) is 178 cm³/mol. The molecular formula is C40H34O4. The lowest BCUT2D eigenvalue weighted by molar-refractivity contribution is 0.105. The van der Waals surface area contributed by atoms with Gasteiger partial charge in [0.25, 0.3) is 0 Å². The third-order valence-corrected chi connectivity index (χ3v) is 9.11. The number of aliphatic hydroxyl groups is 1. The molecule has 5 aromatic carbocycles. The molecule has 0 aromatic heterocycles. The van der Waals surface area contributed by atoms with Crippen LogP contribution in [0.1, 0.15) is 47.2 Å². The minimum absolute atomic E-state index is 0.740. The summed E-state index contributed by atoms with van der Waals surface area (Å²) in [7, 11) is 3.33. The Morgan fingerprint density at radius 1 is 0.841 bits per heavy atom. The summed E-state index contributed by atoms with van der Waals surface area (Å²) in [6.07, 6.45) is 8.02. The van der Waals surface area contributed by atoms with Crippen molar-refractivity contribution < 1.29 is 19.3 Å². The van der Waals surface area contributed by atoms with Gasteiger partial charge in [0.2, 0.25) is 0 Å². The topological polar surface area (TPSA) is 47.9 Å². The highest BCUT2D eigenvalue weighted by atomic mass is 16.5. The average Bonchev–Trinajstić information content (AvgIpc) is 3.31. The van der Waals surface area contributed by atoms with E-state index >= 15 is 0 Å². The first-order chi connectivity index (χ1) is 21.3. The van der Waals surface area contributed by atoms with Gasteiger partial charge in [-0.05, 0) is 83.5 Å². The van der Waals surface area contributed by atoms with Crippen molar-refractivity contribution in [2.45, 2.75) is 25.0 Å². The van der Waals surface area contributed by atoms with Crippen molar-refractivity contribution in [3.8, 4) is 28.4 Å².